The number of aromatic nitrogens is 2. The Hall–Kier alpha value is -0.0600. The van der Waals surface area contributed by atoms with Crippen LogP contribution in [0.2, 0.25) is 0 Å². The molecule has 3 heteroatoms. The van der Waals surface area contributed by atoms with E-state index < -0.39 is 0 Å². The van der Waals surface area contributed by atoms with Crippen LogP contribution in [0, 0.1) is 9.12 Å². The van der Waals surface area contributed by atoms with Crippen molar-refractivity contribution in [2.75, 3.05) is 0 Å². The van der Waals surface area contributed by atoms with Gasteiger partial charge in [0.05, 0.1) is 0 Å². The molecule has 1 heterocycles. The van der Waals surface area contributed by atoms with Crippen molar-refractivity contribution in [2.24, 2.45) is 5.41 Å². The molecular weight excluding hydrogens is 275 g/mol. The minimum Gasteiger partial charge on any atom is -0.271 e. The zero-order valence-electron chi connectivity index (χ0n) is 7.96. The van der Waals surface area contributed by atoms with Gasteiger partial charge in [-0.15, -0.1) is 0 Å². The number of hydrogen-bond donors (Lipinski definition) is 0. The molecule has 1 aromatic heterocycles. The lowest BCUT2D eigenvalue weighted by atomic mass is 9.67. The van der Waals surface area contributed by atoms with E-state index >= 15 is 0 Å². The maximum absolute atomic E-state index is 4.43. The molecule has 0 unspecified atom stereocenters. The molecule has 1 aromatic rings. The number of nitrogens with zero attached hydrogens (tertiary/aromatic N) is 2. The molecule has 1 saturated carbocycles. The largest absolute Gasteiger partial charge is 0.271 e. The molecule has 72 valence electrons. The fraction of sp³-hybridized carbons (Fsp3) is 0.700. The van der Waals surface area contributed by atoms with Gasteiger partial charge in [0.1, 0.15) is 3.70 Å². The zero-order valence-corrected chi connectivity index (χ0v) is 10.1. The first-order valence-corrected chi connectivity index (χ1v) is 6.01. The van der Waals surface area contributed by atoms with E-state index in [-0.39, 0.29) is 0 Å². The molecule has 0 radical (unpaired) electrons. The third kappa shape index (κ3) is 1.90. The van der Waals surface area contributed by atoms with Crippen LogP contribution in [0.1, 0.15) is 32.6 Å². The normalized spacial score (nSPS) is 19.8. The van der Waals surface area contributed by atoms with Crippen molar-refractivity contribution in [2.45, 2.75) is 39.2 Å². The standard InChI is InChI=1S/C10H15IN2/c1-2-10(5-3-6-10)8-13-7-4-9(11)12-13/h4,7H,2-3,5-6,8H2,1H3. The molecule has 0 N–H and O–H groups in total. The number of hydrogen-bond acceptors (Lipinski definition) is 1. The van der Waals surface area contributed by atoms with E-state index in [4.69, 9.17) is 0 Å². The van der Waals surface area contributed by atoms with Crippen molar-refractivity contribution in [3.63, 3.8) is 0 Å². The van der Waals surface area contributed by atoms with Gasteiger partial charge in [-0.2, -0.15) is 5.10 Å². The Bertz CT molecular complexity index is 283. The first kappa shape index (κ1) is 9.49. The summed E-state index contributed by atoms with van der Waals surface area (Å²) in [6.45, 7) is 3.42. The van der Waals surface area contributed by atoms with Gasteiger partial charge in [-0.05, 0) is 53.3 Å². The average molecular weight is 290 g/mol. The van der Waals surface area contributed by atoms with Crippen molar-refractivity contribution in [1.29, 1.82) is 0 Å². The van der Waals surface area contributed by atoms with Crippen LogP contribution in [0.15, 0.2) is 12.3 Å². The van der Waals surface area contributed by atoms with E-state index in [1.165, 1.54) is 25.7 Å². The SMILES string of the molecule is CCC1(Cn2ccc(I)n2)CCC1. The summed E-state index contributed by atoms with van der Waals surface area (Å²) in [5.41, 5.74) is 0.578. The van der Waals surface area contributed by atoms with Gasteiger partial charge in [-0.25, -0.2) is 0 Å². The smallest absolute Gasteiger partial charge is 0.123 e. The number of rotatable bonds is 3. The Labute approximate surface area is 92.8 Å². The van der Waals surface area contributed by atoms with Crippen LogP contribution in [0.5, 0.6) is 0 Å². The fourth-order valence-corrected chi connectivity index (χ4v) is 2.51. The van der Waals surface area contributed by atoms with E-state index in [0.29, 0.717) is 5.41 Å². The summed E-state index contributed by atoms with van der Waals surface area (Å²) in [4.78, 5) is 0. The molecule has 1 aliphatic carbocycles. The van der Waals surface area contributed by atoms with Crippen LogP contribution in [0.4, 0.5) is 0 Å². The van der Waals surface area contributed by atoms with Crippen molar-refractivity contribution in [3.05, 3.63) is 16.0 Å². The van der Waals surface area contributed by atoms with Crippen molar-refractivity contribution >= 4 is 22.6 Å². The third-order valence-electron chi connectivity index (χ3n) is 3.27. The van der Waals surface area contributed by atoms with E-state index in [0.717, 1.165) is 10.2 Å². The first-order valence-electron chi connectivity index (χ1n) is 4.93. The zero-order chi connectivity index (χ0) is 9.31. The van der Waals surface area contributed by atoms with Crippen molar-refractivity contribution in [1.82, 2.24) is 9.78 Å². The van der Waals surface area contributed by atoms with Crippen LogP contribution in [-0.4, -0.2) is 9.78 Å². The Morgan fingerprint density at radius 1 is 1.62 bits per heavy atom. The molecule has 1 aliphatic rings. The highest BCUT2D eigenvalue weighted by Crippen LogP contribution is 2.44. The third-order valence-corrected chi connectivity index (χ3v) is 3.85. The highest BCUT2D eigenvalue weighted by molar-refractivity contribution is 14.1. The lowest BCUT2D eigenvalue weighted by Gasteiger charge is -2.41. The molecule has 0 saturated heterocycles. The molecular formula is C10H15IN2. The summed E-state index contributed by atoms with van der Waals surface area (Å²) in [5, 5.41) is 4.43. The Balaban J connectivity index is 2.04. The summed E-state index contributed by atoms with van der Waals surface area (Å²) < 4.78 is 3.20. The first-order chi connectivity index (χ1) is 6.24. The predicted molar refractivity (Wildman–Crippen MR) is 61.5 cm³/mol. The van der Waals surface area contributed by atoms with Crippen LogP contribution in [0.3, 0.4) is 0 Å². The van der Waals surface area contributed by atoms with Crippen LogP contribution in [-0.2, 0) is 6.54 Å². The number of halogens is 1. The van der Waals surface area contributed by atoms with E-state index in [1.807, 2.05) is 0 Å². The topological polar surface area (TPSA) is 17.8 Å². The van der Waals surface area contributed by atoms with Gasteiger partial charge in [0.2, 0.25) is 0 Å². The summed E-state index contributed by atoms with van der Waals surface area (Å²) >= 11 is 2.26. The van der Waals surface area contributed by atoms with Gasteiger partial charge >= 0.3 is 0 Å². The molecule has 2 nitrogen and oxygen atoms in total. The maximum atomic E-state index is 4.43. The lowest BCUT2D eigenvalue weighted by Crippen LogP contribution is -2.33. The van der Waals surface area contributed by atoms with Gasteiger partial charge in [-0.1, -0.05) is 13.3 Å². The van der Waals surface area contributed by atoms with Crippen LogP contribution < -0.4 is 0 Å². The molecule has 0 aromatic carbocycles. The summed E-state index contributed by atoms with van der Waals surface area (Å²) in [7, 11) is 0. The Morgan fingerprint density at radius 3 is 2.77 bits per heavy atom. The molecule has 0 spiro atoms. The van der Waals surface area contributed by atoms with E-state index in [1.54, 1.807) is 0 Å². The van der Waals surface area contributed by atoms with Gasteiger partial charge in [0.25, 0.3) is 0 Å². The van der Waals surface area contributed by atoms with Crippen molar-refractivity contribution in [3.8, 4) is 0 Å². The summed E-state index contributed by atoms with van der Waals surface area (Å²) in [5.74, 6) is 0. The van der Waals surface area contributed by atoms with E-state index in [2.05, 4.69) is 51.6 Å². The molecule has 0 atom stereocenters. The quantitative estimate of drug-likeness (QED) is 0.782. The second-order valence-electron chi connectivity index (χ2n) is 4.04. The second kappa shape index (κ2) is 3.59. The Kier molecular flexibility index (Phi) is 2.62. The van der Waals surface area contributed by atoms with Gasteiger partial charge in [0, 0.05) is 12.7 Å². The Morgan fingerprint density at radius 2 is 2.38 bits per heavy atom. The van der Waals surface area contributed by atoms with Gasteiger partial charge < -0.3 is 0 Å². The minimum absolute atomic E-state index is 0.578. The average Bonchev–Trinajstić information content (AvgIpc) is 2.44. The van der Waals surface area contributed by atoms with Gasteiger partial charge in [-0.3, -0.25) is 4.68 Å². The molecule has 2 rings (SSSR count). The lowest BCUT2D eigenvalue weighted by molar-refractivity contribution is 0.0948. The van der Waals surface area contributed by atoms with Gasteiger partial charge in [0.15, 0.2) is 0 Å². The molecule has 0 bridgehead atoms. The monoisotopic (exact) mass is 290 g/mol. The molecule has 1 fully saturated rings. The highest BCUT2D eigenvalue weighted by Gasteiger charge is 2.35. The minimum atomic E-state index is 0.578. The summed E-state index contributed by atoms with van der Waals surface area (Å²) in [6.07, 6.45) is 7.58. The summed E-state index contributed by atoms with van der Waals surface area (Å²) in [6, 6.07) is 2.07. The van der Waals surface area contributed by atoms with Crippen LogP contribution >= 0.6 is 22.6 Å². The maximum Gasteiger partial charge on any atom is 0.123 e. The van der Waals surface area contributed by atoms with Crippen LogP contribution in [0.25, 0.3) is 0 Å². The highest BCUT2D eigenvalue weighted by atomic mass is 127. The predicted octanol–water partition coefficient (Wildman–Crippen LogP) is 3.07. The van der Waals surface area contributed by atoms with Crippen molar-refractivity contribution < 1.29 is 0 Å². The van der Waals surface area contributed by atoms with E-state index in [9.17, 15) is 0 Å². The fourth-order valence-electron chi connectivity index (χ4n) is 2.07. The molecule has 0 amide bonds. The second-order valence-corrected chi connectivity index (χ2v) is 5.15. The molecule has 13 heavy (non-hydrogen) atoms. The molecule has 0 aliphatic heterocycles.